The quantitative estimate of drug-likeness (QED) is 0.816. The third kappa shape index (κ3) is 5.09. The highest BCUT2D eigenvalue weighted by molar-refractivity contribution is 5.94. The summed E-state index contributed by atoms with van der Waals surface area (Å²) in [6.07, 6.45) is 0. The van der Waals surface area contributed by atoms with Crippen LogP contribution < -0.4 is 5.32 Å². The fraction of sp³-hybridized carbons (Fsp3) is 0.588. The minimum atomic E-state index is -0.0690. The first-order valence-electron chi connectivity index (χ1n) is 7.97. The topological polar surface area (TPSA) is 55.8 Å². The van der Waals surface area contributed by atoms with Gasteiger partial charge in [-0.15, -0.1) is 0 Å². The van der Waals surface area contributed by atoms with E-state index in [4.69, 9.17) is 5.11 Å². The number of hydrogen-bond donors (Lipinski definition) is 2. The molecule has 1 unspecified atom stereocenters. The Labute approximate surface area is 132 Å². The number of nitrogens with one attached hydrogen (secondary N) is 1. The van der Waals surface area contributed by atoms with E-state index in [9.17, 15) is 4.79 Å². The lowest BCUT2D eigenvalue weighted by atomic mass is 10.1. The maximum absolute atomic E-state index is 12.1. The third-order valence-electron chi connectivity index (χ3n) is 4.11. The summed E-state index contributed by atoms with van der Waals surface area (Å²) in [5.74, 6) is 0.0120. The van der Waals surface area contributed by atoms with Crippen LogP contribution in [0.2, 0.25) is 0 Å². The van der Waals surface area contributed by atoms with E-state index in [1.165, 1.54) is 5.56 Å². The minimum absolute atomic E-state index is 0.0690. The average molecular weight is 305 g/mol. The second-order valence-electron chi connectivity index (χ2n) is 6.28. The van der Waals surface area contributed by atoms with Crippen molar-refractivity contribution in [3.8, 4) is 0 Å². The van der Waals surface area contributed by atoms with Gasteiger partial charge in [0, 0.05) is 51.4 Å². The molecule has 0 bridgehead atoms. The molecular weight excluding hydrogens is 278 g/mol. The predicted octanol–water partition coefficient (Wildman–Crippen LogP) is 0.792. The molecule has 0 aromatic heterocycles. The second-order valence-corrected chi connectivity index (χ2v) is 6.28. The van der Waals surface area contributed by atoms with Gasteiger partial charge in [0.05, 0.1) is 0 Å². The highest BCUT2D eigenvalue weighted by Gasteiger charge is 2.14. The monoisotopic (exact) mass is 305 g/mol. The number of piperazine rings is 1. The molecule has 1 heterocycles. The number of carbonyl (C=O) groups excluding carboxylic acids is 1. The third-order valence-corrected chi connectivity index (χ3v) is 4.11. The van der Waals surface area contributed by atoms with E-state index in [0.717, 1.165) is 32.7 Å². The summed E-state index contributed by atoms with van der Waals surface area (Å²) < 4.78 is 0. The molecule has 0 radical (unpaired) electrons. The Morgan fingerprint density at radius 2 is 2.05 bits per heavy atom. The van der Waals surface area contributed by atoms with Gasteiger partial charge in [0.2, 0.25) is 0 Å². The van der Waals surface area contributed by atoms with E-state index in [1.807, 2.05) is 25.1 Å². The van der Waals surface area contributed by atoms with Crippen molar-refractivity contribution in [1.29, 1.82) is 0 Å². The Balaban J connectivity index is 1.90. The summed E-state index contributed by atoms with van der Waals surface area (Å²) in [5.41, 5.74) is 1.86. The zero-order valence-corrected chi connectivity index (χ0v) is 13.6. The van der Waals surface area contributed by atoms with E-state index in [2.05, 4.69) is 28.2 Å². The van der Waals surface area contributed by atoms with Crippen molar-refractivity contribution in [3.05, 3.63) is 35.4 Å². The van der Waals surface area contributed by atoms with E-state index in [-0.39, 0.29) is 18.4 Å². The number of nitrogens with zero attached hydrogens (tertiary/aromatic N) is 2. The molecule has 1 atom stereocenters. The first-order chi connectivity index (χ1) is 10.6. The number of aliphatic hydroxyl groups excluding tert-OH is 1. The minimum Gasteiger partial charge on any atom is -0.396 e. The highest BCUT2D eigenvalue weighted by atomic mass is 16.3. The molecule has 0 aliphatic carbocycles. The normalized spacial score (nSPS) is 18.1. The summed E-state index contributed by atoms with van der Waals surface area (Å²) >= 11 is 0. The first kappa shape index (κ1) is 16.9. The van der Waals surface area contributed by atoms with Crippen molar-refractivity contribution in [3.63, 3.8) is 0 Å². The van der Waals surface area contributed by atoms with Gasteiger partial charge in [-0.3, -0.25) is 9.69 Å². The van der Waals surface area contributed by atoms with Gasteiger partial charge in [-0.25, -0.2) is 0 Å². The SMILES string of the molecule is CC(CO)CNC(=O)c1cccc(CN2CCN(C)CC2)c1. The van der Waals surface area contributed by atoms with Gasteiger partial charge in [0.25, 0.3) is 5.91 Å². The van der Waals surface area contributed by atoms with E-state index in [1.54, 1.807) is 0 Å². The Kier molecular flexibility index (Phi) is 6.36. The Morgan fingerprint density at radius 3 is 2.73 bits per heavy atom. The summed E-state index contributed by atoms with van der Waals surface area (Å²) in [7, 11) is 2.15. The van der Waals surface area contributed by atoms with Gasteiger partial charge < -0.3 is 15.3 Å². The maximum atomic E-state index is 12.1. The van der Waals surface area contributed by atoms with Crippen LogP contribution in [0.4, 0.5) is 0 Å². The van der Waals surface area contributed by atoms with Crippen LogP contribution >= 0.6 is 0 Å². The largest absolute Gasteiger partial charge is 0.396 e. The number of benzene rings is 1. The molecule has 1 aromatic carbocycles. The summed E-state index contributed by atoms with van der Waals surface area (Å²) in [6.45, 7) is 7.72. The molecule has 1 aliphatic heterocycles. The van der Waals surface area contributed by atoms with Crippen LogP contribution in [0.3, 0.4) is 0 Å². The van der Waals surface area contributed by atoms with Crippen LogP contribution in [0.5, 0.6) is 0 Å². The smallest absolute Gasteiger partial charge is 0.251 e. The summed E-state index contributed by atoms with van der Waals surface area (Å²) in [4.78, 5) is 16.9. The molecule has 1 saturated heterocycles. The lowest BCUT2D eigenvalue weighted by Gasteiger charge is -2.32. The molecule has 2 N–H and O–H groups in total. The van der Waals surface area contributed by atoms with Crippen LogP contribution in [0.25, 0.3) is 0 Å². The molecule has 2 rings (SSSR count). The summed E-state index contributed by atoms with van der Waals surface area (Å²) in [6, 6.07) is 7.82. The average Bonchev–Trinajstić information content (AvgIpc) is 2.54. The number of hydrogen-bond acceptors (Lipinski definition) is 4. The van der Waals surface area contributed by atoms with Gasteiger partial charge in [0.1, 0.15) is 0 Å². The maximum Gasteiger partial charge on any atom is 0.251 e. The lowest BCUT2D eigenvalue weighted by molar-refractivity contribution is 0.0942. The molecule has 5 nitrogen and oxygen atoms in total. The standard InChI is InChI=1S/C17H27N3O2/c1-14(13-21)11-18-17(22)16-5-3-4-15(10-16)12-20-8-6-19(2)7-9-20/h3-5,10,14,21H,6-9,11-13H2,1-2H3,(H,18,22). The Morgan fingerprint density at radius 1 is 1.32 bits per heavy atom. The number of amides is 1. The molecule has 1 amide bonds. The molecule has 122 valence electrons. The zero-order chi connectivity index (χ0) is 15.9. The first-order valence-corrected chi connectivity index (χ1v) is 7.97. The van der Waals surface area contributed by atoms with Crippen LogP contribution in [0, 0.1) is 5.92 Å². The molecule has 0 spiro atoms. The van der Waals surface area contributed by atoms with E-state index >= 15 is 0 Å². The van der Waals surface area contributed by atoms with Crippen molar-refractivity contribution in [2.24, 2.45) is 5.92 Å². The van der Waals surface area contributed by atoms with Crippen molar-refractivity contribution in [2.75, 3.05) is 46.4 Å². The molecule has 5 heteroatoms. The van der Waals surface area contributed by atoms with Gasteiger partial charge >= 0.3 is 0 Å². The predicted molar refractivity (Wildman–Crippen MR) is 87.8 cm³/mol. The molecule has 0 saturated carbocycles. The molecule has 1 fully saturated rings. The zero-order valence-electron chi connectivity index (χ0n) is 13.6. The number of aliphatic hydroxyl groups is 1. The Hall–Kier alpha value is -1.43. The fourth-order valence-electron chi connectivity index (χ4n) is 2.51. The van der Waals surface area contributed by atoms with Gasteiger partial charge in [-0.05, 0) is 30.7 Å². The lowest BCUT2D eigenvalue weighted by Crippen LogP contribution is -2.43. The van der Waals surface area contributed by atoms with Crippen LogP contribution in [0.15, 0.2) is 24.3 Å². The van der Waals surface area contributed by atoms with E-state index < -0.39 is 0 Å². The summed E-state index contributed by atoms with van der Waals surface area (Å²) in [5, 5.41) is 11.9. The molecule has 22 heavy (non-hydrogen) atoms. The molecular formula is C17H27N3O2. The van der Waals surface area contributed by atoms with Crippen LogP contribution in [0.1, 0.15) is 22.8 Å². The molecule has 1 aliphatic rings. The molecule has 1 aromatic rings. The van der Waals surface area contributed by atoms with Crippen LogP contribution in [-0.2, 0) is 6.54 Å². The Bertz CT molecular complexity index is 485. The van der Waals surface area contributed by atoms with Crippen molar-refractivity contribution >= 4 is 5.91 Å². The van der Waals surface area contributed by atoms with Gasteiger partial charge in [0.15, 0.2) is 0 Å². The van der Waals surface area contributed by atoms with Crippen molar-refractivity contribution in [2.45, 2.75) is 13.5 Å². The number of rotatable bonds is 6. The van der Waals surface area contributed by atoms with Gasteiger partial charge in [-0.1, -0.05) is 19.1 Å². The van der Waals surface area contributed by atoms with Crippen molar-refractivity contribution < 1.29 is 9.90 Å². The fourth-order valence-corrected chi connectivity index (χ4v) is 2.51. The van der Waals surface area contributed by atoms with Crippen molar-refractivity contribution in [1.82, 2.24) is 15.1 Å². The second kappa shape index (κ2) is 8.27. The van der Waals surface area contributed by atoms with E-state index in [0.29, 0.717) is 12.1 Å². The number of likely N-dealkylation sites (N-methyl/N-ethyl adjacent to an activating group) is 1. The highest BCUT2D eigenvalue weighted by Crippen LogP contribution is 2.10. The van der Waals surface area contributed by atoms with Gasteiger partial charge in [-0.2, -0.15) is 0 Å². The van der Waals surface area contributed by atoms with Crippen LogP contribution in [-0.4, -0.2) is 67.2 Å². The number of carbonyl (C=O) groups is 1.